The summed E-state index contributed by atoms with van der Waals surface area (Å²) in [6, 6.07) is 11.2. The molecule has 3 rings (SSSR count). The van der Waals surface area contributed by atoms with Crippen LogP contribution in [-0.2, 0) is 7.05 Å². The van der Waals surface area contributed by atoms with E-state index in [-0.39, 0.29) is 17.7 Å². The van der Waals surface area contributed by atoms with Crippen molar-refractivity contribution < 1.29 is 14.6 Å². The van der Waals surface area contributed by atoms with E-state index < -0.39 is 17.2 Å². The zero-order valence-electron chi connectivity index (χ0n) is 15.2. The van der Waals surface area contributed by atoms with Gasteiger partial charge in [0.2, 0.25) is 5.75 Å². The van der Waals surface area contributed by atoms with Gasteiger partial charge in [-0.3, -0.25) is 14.0 Å². The Morgan fingerprint density at radius 1 is 1.22 bits per heavy atom. The van der Waals surface area contributed by atoms with Crippen molar-refractivity contribution in [2.75, 3.05) is 7.11 Å². The van der Waals surface area contributed by atoms with Gasteiger partial charge in [0.1, 0.15) is 5.82 Å². The lowest BCUT2D eigenvalue weighted by Gasteiger charge is -2.26. The molecule has 3 aromatic rings. The quantitative estimate of drug-likeness (QED) is 0.715. The molecule has 0 amide bonds. The molecule has 0 aliphatic heterocycles. The highest BCUT2D eigenvalue weighted by atomic mass is 16.5. The molecule has 1 aromatic carbocycles. The molecule has 0 aliphatic rings. The number of hydrogen-bond acceptors (Lipinski definition) is 5. The van der Waals surface area contributed by atoms with Gasteiger partial charge >= 0.3 is 5.97 Å². The Kier molecular flexibility index (Phi) is 5.07. The first-order chi connectivity index (χ1) is 13.0. The van der Waals surface area contributed by atoms with Crippen molar-refractivity contribution in [3.8, 4) is 5.75 Å². The van der Waals surface area contributed by atoms with Crippen LogP contribution in [0.5, 0.6) is 5.75 Å². The Hall–Kier alpha value is -3.42. The first-order valence-corrected chi connectivity index (χ1v) is 8.38. The van der Waals surface area contributed by atoms with Crippen LogP contribution in [0.2, 0.25) is 0 Å². The van der Waals surface area contributed by atoms with Crippen LogP contribution >= 0.6 is 0 Å². The number of aromatic carboxylic acids is 1. The van der Waals surface area contributed by atoms with Crippen LogP contribution in [0.4, 0.5) is 0 Å². The predicted molar refractivity (Wildman–Crippen MR) is 98.2 cm³/mol. The zero-order valence-corrected chi connectivity index (χ0v) is 15.2. The minimum Gasteiger partial charge on any atom is -0.489 e. The minimum atomic E-state index is -1.31. The summed E-state index contributed by atoms with van der Waals surface area (Å²) in [5, 5.41) is 13.8. The molecular formula is C19H20N4O4. The molecule has 0 fully saturated rings. The number of carbonyl (C=O) groups is 1. The number of hydrogen-bond donors (Lipinski definition) is 1. The van der Waals surface area contributed by atoms with E-state index >= 15 is 0 Å². The van der Waals surface area contributed by atoms with E-state index in [0.717, 1.165) is 5.56 Å². The van der Waals surface area contributed by atoms with Gasteiger partial charge < -0.3 is 9.84 Å². The highest BCUT2D eigenvalue weighted by Crippen LogP contribution is 2.32. The molecule has 0 saturated heterocycles. The smallest absolute Gasteiger partial charge is 0.358 e. The molecular weight excluding hydrogens is 348 g/mol. The number of aromatic nitrogens is 4. The zero-order chi connectivity index (χ0) is 19.6. The van der Waals surface area contributed by atoms with Gasteiger partial charge in [-0.05, 0) is 11.6 Å². The third-order valence-corrected chi connectivity index (χ3v) is 4.52. The van der Waals surface area contributed by atoms with E-state index in [9.17, 15) is 14.7 Å². The number of nitrogens with zero attached hydrogens (tertiary/aromatic N) is 4. The fourth-order valence-electron chi connectivity index (χ4n) is 3.24. The van der Waals surface area contributed by atoms with E-state index in [1.54, 1.807) is 17.9 Å². The van der Waals surface area contributed by atoms with Crippen molar-refractivity contribution in [3.05, 3.63) is 76.2 Å². The number of carboxylic acid groups (broad SMARTS) is 1. The number of rotatable bonds is 6. The molecule has 0 bridgehead atoms. The topological polar surface area (TPSA) is 99.2 Å². The monoisotopic (exact) mass is 368 g/mol. The van der Waals surface area contributed by atoms with Crippen LogP contribution in [0, 0.1) is 0 Å². The van der Waals surface area contributed by atoms with E-state index in [0.29, 0.717) is 5.82 Å². The molecule has 140 valence electrons. The maximum absolute atomic E-state index is 12.6. The van der Waals surface area contributed by atoms with Gasteiger partial charge in [-0.15, -0.1) is 0 Å². The van der Waals surface area contributed by atoms with Gasteiger partial charge in [0.05, 0.1) is 13.2 Å². The molecule has 0 spiro atoms. The van der Waals surface area contributed by atoms with E-state index in [1.165, 1.54) is 11.7 Å². The second kappa shape index (κ2) is 7.45. The normalized spacial score (nSPS) is 13.1. The first-order valence-electron chi connectivity index (χ1n) is 8.38. The summed E-state index contributed by atoms with van der Waals surface area (Å²) >= 11 is 0. The van der Waals surface area contributed by atoms with Crippen molar-refractivity contribution in [2.45, 2.75) is 18.9 Å². The van der Waals surface area contributed by atoms with Crippen LogP contribution in [0.3, 0.4) is 0 Å². The van der Waals surface area contributed by atoms with Crippen LogP contribution in [0.15, 0.2) is 53.6 Å². The maximum Gasteiger partial charge on any atom is 0.358 e. The molecule has 1 N–H and O–H groups in total. The van der Waals surface area contributed by atoms with Crippen LogP contribution < -0.4 is 10.3 Å². The third-order valence-electron chi connectivity index (χ3n) is 4.52. The average Bonchev–Trinajstić information content (AvgIpc) is 3.18. The lowest BCUT2D eigenvalue weighted by atomic mass is 9.93. The van der Waals surface area contributed by atoms with Gasteiger partial charge in [-0.2, -0.15) is 5.10 Å². The molecule has 8 heteroatoms. The summed E-state index contributed by atoms with van der Waals surface area (Å²) in [6.45, 7) is 1.89. The highest BCUT2D eigenvalue weighted by Gasteiger charge is 2.29. The van der Waals surface area contributed by atoms with Gasteiger partial charge in [-0.25, -0.2) is 9.78 Å². The summed E-state index contributed by atoms with van der Waals surface area (Å²) < 4.78 is 8.08. The summed E-state index contributed by atoms with van der Waals surface area (Å²) in [5.74, 6) is -1.60. The van der Waals surface area contributed by atoms with Gasteiger partial charge in [0.25, 0.3) is 5.56 Å². The number of carboxylic acids is 1. The maximum atomic E-state index is 12.6. The summed E-state index contributed by atoms with van der Waals surface area (Å²) in [4.78, 5) is 28.4. The highest BCUT2D eigenvalue weighted by molar-refractivity contribution is 5.88. The predicted octanol–water partition coefficient (Wildman–Crippen LogP) is 2.08. The van der Waals surface area contributed by atoms with Crippen LogP contribution in [0.25, 0.3) is 0 Å². The number of benzene rings is 1. The summed E-state index contributed by atoms with van der Waals surface area (Å²) in [6.07, 6.45) is 3.50. The van der Waals surface area contributed by atoms with Crippen molar-refractivity contribution in [2.24, 2.45) is 7.05 Å². The van der Waals surface area contributed by atoms with Crippen LogP contribution in [-0.4, -0.2) is 37.5 Å². The Balaban J connectivity index is 2.19. The van der Waals surface area contributed by atoms with Gasteiger partial charge in [-0.1, -0.05) is 37.3 Å². The van der Waals surface area contributed by atoms with E-state index in [4.69, 9.17) is 4.74 Å². The molecule has 2 unspecified atom stereocenters. The van der Waals surface area contributed by atoms with Gasteiger partial charge in [0.15, 0.2) is 5.69 Å². The van der Waals surface area contributed by atoms with Crippen LogP contribution in [0.1, 0.15) is 40.8 Å². The average molecular weight is 368 g/mol. The minimum absolute atomic E-state index is 0.269. The molecule has 0 saturated carbocycles. The fraction of sp³-hybridized carbons (Fsp3) is 0.263. The van der Waals surface area contributed by atoms with Crippen molar-refractivity contribution >= 4 is 5.97 Å². The third kappa shape index (κ3) is 3.33. The second-order valence-corrected chi connectivity index (χ2v) is 6.15. The summed E-state index contributed by atoms with van der Waals surface area (Å²) in [5.41, 5.74) is 0.0318. The van der Waals surface area contributed by atoms with E-state index in [2.05, 4.69) is 10.1 Å². The second-order valence-electron chi connectivity index (χ2n) is 6.15. The number of methoxy groups -OCH3 is 1. The van der Waals surface area contributed by atoms with Crippen molar-refractivity contribution in [3.63, 3.8) is 0 Å². The molecule has 2 atom stereocenters. The van der Waals surface area contributed by atoms with Gasteiger partial charge in [0, 0.05) is 25.4 Å². The molecule has 27 heavy (non-hydrogen) atoms. The fourth-order valence-corrected chi connectivity index (χ4v) is 3.24. The molecule has 2 aromatic heterocycles. The summed E-state index contributed by atoms with van der Waals surface area (Å²) in [7, 11) is 2.81. The van der Waals surface area contributed by atoms with Crippen molar-refractivity contribution in [1.29, 1.82) is 0 Å². The largest absolute Gasteiger partial charge is 0.489 e. The standard InChI is InChI=1S/C19H20N4O4/c1-12(15(23-11-7-10-20-23)13-8-5-4-6-9-13)17-21-14(19(25)26)16(27-3)18(24)22(17)2/h4-12,15H,1-3H3,(H,25,26). The Labute approximate surface area is 155 Å². The number of ether oxygens (including phenoxy) is 1. The van der Waals surface area contributed by atoms with E-state index in [1.807, 2.05) is 49.5 Å². The first kappa shape index (κ1) is 18.4. The Morgan fingerprint density at radius 2 is 1.93 bits per heavy atom. The molecule has 8 nitrogen and oxygen atoms in total. The lowest BCUT2D eigenvalue weighted by molar-refractivity contribution is 0.0685. The Bertz CT molecular complexity index is 997. The van der Waals surface area contributed by atoms with Crippen molar-refractivity contribution in [1.82, 2.24) is 19.3 Å². The lowest BCUT2D eigenvalue weighted by Crippen LogP contribution is -2.30. The molecule has 0 radical (unpaired) electrons. The Morgan fingerprint density at radius 3 is 2.48 bits per heavy atom. The molecule has 0 aliphatic carbocycles. The SMILES string of the molecule is COc1c(C(=O)O)nc(C(C)C(c2ccccc2)n2cccn2)n(C)c1=O. The molecule has 2 heterocycles.